The Morgan fingerprint density at radius 2 is 1.73 bits per heavy atom. The number of hydrogen-bond acceptors (Lipinski definition) is 7. The van der Waals surface area contributed by atoms with Crippen LogP contribution in [0.1, 0.15) is 40.2 Å². The maximum Gasteiger partial charge on any atom is 0.256 e. The van der Waals surface area contributed by atoms with Crippen molar-refractivity contribution < 1.29 is 17.7 Å². The number of aromatic nitrogens is 1. The largest absolute Gasteiger partial charge is 0.371 e. The van der Waals surface area contributed by atoms with Gasteiger partial charge < -0.3 is 14.3 Å². The van der Waals surface area contributed by atoms with Crippen molar-refractivity contribution in [2.45, 2.75) is 38.1 Å². The standard InChI is InChI=1S/C23H33N5O4S/c1-17-21(18(2)32-24-17)16-26-11-13-28(14-12-26)23(29)20-15-19(33(30,31)25(3)4)7-8-22(20)27-9-5-6-10-27/h7-8,15H,5-6,9-14,16H2,1-4H3. The quantitative estimate of drug-likeness (QED) is 0.632. The number of sulfonamides is 1. The molecule has 0 unspecified atom stereocenters. The molecule has 10 heteroatoms. The molecule has 0 saturated carbocycles. The minimum Gasteiger partial charge on any atom is -0.371 e. The minimum absolute atomic E-state index is 0.107. The highest BCUT2D eigenvalue weighted by molar-refractivity contribution is 7.89. The van der Waals surface area contributed by atoms with Gasteiger partial charge in [0, 0.05) is 71.2 Å². The molecule has 2 aliphatic heterocycles. The molecule has 2 saturated heterocycles. The zero-order valence-corrected chi connectivity index (χ0v) is 20.7. The summed E-state index contributed by atoms with van der Waals surface area (Å²) in [6, 6.07) is 4.96. The third-order valence-electron chi connectivity index (χ3n) is 6.65. The van der Waals surface area contributed by atoms with Gasteiger partial charge in [0.25, 0.3) is 5.91 Å². The molecule has 9 nitrogen and oxygen atoms in total. The van der Waals surface area contributed by atoms with Gasteiger partial charge in [-0.05, 0) is 44.9 Å². The van der Waals surface area contributed by atoms with Gasteiger partial charge in [-0.25, -0.2) is 12.7 Å². The van der Waals surface area contributed by atoms with Crippen molar-refractivity contribution in [2.75, 3.05) is 58.3 Å². The van der Waals surface area contributed by atoms with Gasteiger partial charge in [0.1, 0.15) is 5.76 Å². The molecule has 1 amide bonds. The number of aryl methyl sites for hydroxylation is 2. The first-order chi connectivity index (χ1) is 15.7. The lowest BCUT2D eigenvalue weighted by molar-refractivity contribution is 0.0628. The zero-order valence-electron chi connectivity index (χ0n) is 19.9. The van der Waals surface area contributed by atoms with Crippen molar-refractivity contribution in [3.05, 3.63) is 40.8 Å². The Morgan fingerprint density at radius 1 is 1.06 bits per heavy atom. The van der Waals surface area contributed by atoms with E-state index in [-0.39, 0.29) is 10.8 Å². The number of carbonyl (C=O) groups is 1. The summed E-state index contributed by atoms with van der Waals surface area (Å²) in [6.45, 7) is 9.03. The molecule has 1 aromatic carbocycles. The molecular weight excluding hydrogens is 442 g/mol. The van der Waals surface area contributed by atoms with Crippen LogP contribution in [-0.4, -0.2) is 87.0 Å². The number of carbonyl (C=O) groups excluding carboxylic acids is 1. The summed E-state index contributed by atoms with van der Waals surface area (Å²) in [4.78, 5) is 20.1. The van der Waals surface area contributed by atoms with E-state index < -0.39 is 10.0 Å². The molecule has 0 bridgehead atoms. The number of hydrogen-bond donors (Lipinski definition) is 0. The average Bonchev–Trinajstić information content (AvgIpc) is 3.45. The highest BCUT2D eigenvalue weighted by atomic mass is 32.2. The lowest BCUT2D eigenvalue weighted by Gasteiger charge is -2.35. The summed E-state index contributed by atoms with van der Waals surface area (Å²) in [5, 5.41) is 4.03. The maximum atomic E-state index is 13.6. The Morgan fingerprint density at radius 3 is 2.30 bits per heavy atom. The Balaban J connectivity index is 1.54. The van der Waals surface area contributed by atoms with Gasteiger partial charge in [0.15, 0.2) is 0 Å². The molecule has 1 aromatic heterocycles. The smallest absolute Gasteiger partial charge is 0.256 e. The minimum atomic E-state index is -3.63. The van der Waals surface area contributed by atoms with Crippen LogP contribution < -0.4 is 4.90 Å². The zero-order chi connectivity index (χ0) is 23.8. The van der Waals surface area contributed by atoms with Crippen LogP contribution in [0.25, 0.3) is 0 Å². The van der Waals surface area contributed by atoms with Crippen LogP contribution in [0.2, 0.25) is 0 Å². The van der Waals surface area contributed by atoms with Gasteiger partial charge in [-0.2, -0.15) is 0 Å². The van der Waals surface area contributed by atoms with E-state index in [1.807, 2.05) is 18.7 Å². The van der Waals surface area contributed by atoms with Gasteiger partial charge in [-0.1, -0.05) is 5.16 Å². The number of amides is 1. The fourth-order valence-electron chi connectivity index (χ4n) is 4.52. The number of piperazine rings is 1. The fraction of sp³-hybridized carbons (Fsp3) is 0.565. The molecule has 0 spiro atoms. The molecule has 0 N–H and O–H groups in total. The van der Waals surface area contributed by atoms with Crippen LogP contribution in [0.3, 0.4) is 0 Å². The van der Waals surface area contributed by atoms with Crippen LogP contribution in [0, 0.1) is 13.8 Å². The van der Waals surface area contributed by atoms with Gasteiger partial charge in [0.05, 0.1) is 16.2 Å². The molecule has 3 heterocycles. The molecule has 2 aromatic rings. The predicted molar refractivity (Wildman–Crippen MR) is 126 cm³/mol. The van der Waals surface area contributed by atoms with E-state index in [0.717, 1.165) is 68.3 Å². The summed E-state index contributed by atoms with van der Waals surface area (Å²) in [7, 11) is -0.622. The highest BCUT2D eigenvalue weighted by Gasteiger charge is 2.29. The number of rotatable bonds is 6. The molecule has 4 rings (SSSR count). The second kappa shape index (κ2) is 9.44. The molecular formula is C23H33N5O4S. The third-order valence-corrected chi connectivity index (χ3v) is 8.46. The van der Waals surface area contributed by atoms with Gasteiger partial charge in [-0.3, -0.25) is 9.69 Å². The molecule has 2 aliphatic rings. The van der Waals surface area contributed by atoms with Gasteiger partial charge in [-0.15, -0.1) is 0 Å². The van der Waals surface area contributed by atoms with Crippen molar-refractivity contribution in [1.82, 2.24) is 19.3 Å². The van der Waals surface area contributed by atoms with E-state index >= 15 is 0 Å². The summed E-state index contributed by atoms with van der Waals surface area (Å²) in [6.07, 6.45) is 2.15. The van der Waals surface area contributed by atoms with Crippen molar-refractivity contribution in [2.24, 2.45) is 0 Å². The number of anilines is 1. The van der Waals surface area contributed by atoms with Crippen LogP contribution in [0.15, 0.2) is 27.6 Å². The highest BCUT2D eigenvalue weighted by Crippen LogP contribution is 2.29. The molecule has 0 atom stereocenters. The maximum absolute atomic E-state index is 13.6. The first kappa shape index (κ1) is 23.7. The van der Waals surface area contributed by atoms with Gasteiger partial charge in [0.2, 0.25) is 10.0 Å². The summed E-state index contributed by atoms with van der Waals surface area (Å²) in [5.41, 5.74) is 3.31. The normalized spacial score (nSPS) is 17.8. The SMILES string of the molecule is Cc1noc(C)c1CN1CCN(C(=O)c2cc(S(=O)(=O)N(C)C)ccc2N2CCCC2)CC1. The van der Waals surface area contributed by atoms with Crippen LogP contribution in [0.5, 0.6) is 0 Å². The van der Waals surface area contributed by atoms with Crippen LogP contribution >= 0.6 is 0 Å². The lowest BCUT2D eigenvalue weighted by atomic mass is 10.1. The summed E-state index contributed by atoms with van der Waals surface area (Å²) in [5.74, 6) is 0.727. The van der Waals surface area contributed by atoms with Crippen LogP contribution in [0.4, 0.5) is 5.69 Å². The summed E-state index contributed by atoms with van der Waals surface area (Å²) < 4.78 is 31.9. The van der Waals surface area contributed by atoms with E-state index in [4.69, 9.17) is 4.52 Å². The Labute approximate surface area is 196 Å². The Hall–Kier alpha value is -2.43. The molecule has 0 aliphatic carbocycles. The molecule has 33 heavy (non-hydrogen) atoms. The third kappa shape index (κ3) is 4.78. The molecule has 0 radical (unpaired) electrons. The topological polar surface area (TPSA) is 90.2 Å². The molecule has 180 valence electrons. The van der Waals surface area contributed by atoms with Crippen molar-refractivity contribution in [1.29, 1.82) is 0 Å². The van der Waals surface area contributed by atoms with Gasteiger partial charge >= 0.3 is 0 Å². The van der Waals surface area contributed by atoms with E-state index in [1.165, 1.54) is 18.4 Å². The second-order valence-electron chi connectivity index (χ2n) is 9.03. The predicted octanol–water partition coefficient (Wildman–Crippen LogP) is 2.10. The monoisotopic (exact) mass is 475 g/mol. The van der Waals surface area contributed by atoms with E-state index in [9.17, 15) is 13.2 Å². The van der Waals surface area contributed by atoms with E-state index in [1.54, 1.807) is 18.2 Å². The Bertz CT molecular complexity index is 1090. The first-order valence-corrected chi connectivity index (χ1v) is 12.9. The summed E-state index contributed by atoms with van der Waals surface area (Å²) >= 11 is 0. The van der Waals surface area contributed by atoms with Crippen LogP contribution in [-0.2, 0) is 16.6 Å². The first-order valence-electron chi connectivity index (χ1n) is 11.4. The Kier molecular flexibility index (Phi) is 6.78. The molecule has 2 fully saturated rings. The lowest BCUT2D eigenvalue weighted by Crippen LogP contribution is -2.48. The van der Waals surface area contributed by atoms with Crippen molar-refractivity contribution in [3.8, 4) is 0 Å². The van der Waals surface area contributed by atoms with E-state index in [2.05, 4.69) is 15.0 Å². The number of nitrogens with zero attached hydrogens (tertiary/aromatic N) is 5. The average molecular weight is 476 g/mol. The van der Waals surface area contributed by atoms with Crippen molar-refractivity contribution >= 4 is 21.6 Å². The van der Waals surface area contributed by atoms with Crippen molar-refractivity contribution in [3.63, 3.8) is 0 Å². The number of benzene rings is 1. The van der Waals surface area contributed by atoms with E-state index in [0.29, 0.717) is 18.7 Å². The second-order valence-corrected chi connectivity index (χ2v) is 11.2. The fourth-order valence-corrected chi connectivity index (χ4v) is 5.45.